The number of non-ortho nitro benzene ring substituents is 1. The summed E-state index contributed by atoms with van der Waals surface area (Å²) in [6.07, 6.45) is 0. The molecule has 0 aliphatic heterocycles. The maximum absolute atomic E-state index is 12.4. The van der Waals surface area contributed by atoms with E-state index in [-0.39, 0.29) is 41.5 Å². The number of hydrogen-bond acceptors (Lipinski definition) is 7. The summed E-state index contributed by atoms with van der Waals surface area (Å²) in [6, 6.07) is 5.44. The Labute approximate surface area is 143 Å². The lowest BCUT2D eigenvalue weighted by molar-refractivity contribution is -0.384. The first kappa shape index (κ1) is 18.2. The van der Waals surface area contributed by atoms with Gasteiger partial charge in [0.15, 0.2) is 0 Å². The standard InChI is InChI=1S/C17H17NO7/c1-4-23-16(19)13-10(3)25-15(14(13)17(20)24-5-2)11-6-8-12(9-7-11)18(21)22/h6-9H,4-5H2,1-3H3. The van der Waals surface area contributed by atoms with Crippen LogP contribution in [0.15, 0.2) is 28.7 Å². The Kier molecular flexibility index (Phi) is 5.53. The molecule has 0 unspecified atom stereocenters. The van der Waals surface area contributed by atoms with E-state index in [0.717, 1.165) is 0 Å². The van der Waals surface area contributed by atoms with Gasteiger partial charge < -0.3 is 13.9 Å². The van der Waals surface area contributed by atoms with Crippen molar-refractivity contribution in [2.24, 2.45) is 0 Å². The predicted molar refractivity (Wildman–Crippen MR) is 87.4 cm³/mol. The summed E-state index contributed by atoms with van der Waals surface area (Å²) in [5.41, 5.74) is 0.253. The van der Waals surface area contributed by atoms with Gasteiger partial charge in [-0.05, 0) is 32.9 Å². The summed E-state index contributed by atoms with van der Waals surface area (Å²) < 4.78 is 15.6. The SMILES string of the molecule is CCOC(=O)c1c(C)oc(-c2ccc([N+](=O)[O-])cc2)c1C(=O)OCC. The van der Waals surface area contributed by atoms with E-state index in [0.29, 0.717) is 5.56 Å². The lowest BCUT2D eigenvalue weighted by atomic mass is 10.0. The van der Waals surface area contributed by atoms with Crippen molar-refractivity contribution in [3.8, 4) is 11.3 Å². The fraction of sp³-hybridized carbons (Fsp3) is 0.294. The van der Waals surface area contributed by atoms with Crippen LogP contribution in [-0.2, 0) is 9.47 Å². The molecule has 0 atom stereocenters. The van der Waals surface area contributed by atoms with Gasteiger partial charge in [0.25, 0.3) is 5.69 Å². The van der Waals surface area contributed by atoms with Crippen molar-refractivity contribution < 1.29 is 28.4 Å². The lowest BCUT2D eigenvalue weighted by Gasteiger charge is -2.06. The third-order valence-electron chi connectivity index (χ3n) is 3.38. The number of rotatable bonds is 6. The summed E-state index contributed by atoms with van der Waals surface area (Å²) in [6.45, 7) is 5.07. The van der Waals surface area contributed by atoms with Gasteiger partial charge in [-0.25, -0.2) is 9.59 Å². The molecule has 8 heteroatoms. The minimum Gasteiger partial charge on any atom is -0.462 e. The Balaban J connectivity index is 2.60. The van der Waals surface area contributed by atoms with Gasteiger partial charge in [-0.15, -0.1) is 0 Å². The predicted octanol–water partition coefficient (Wildman–Crippen LogP) is 3.52. The number of furan rings is 1. The highest BCUT2D eigenvalue weighted by atomic mass is 16.6. The molecule has 0 fully saturated rings. The number of nitro groups is 1. The molecule has 132 valence electrons. The van der Waals surface area contributed by atoms with Crippen molar-refractivity contribution in [3.63, 3.8) is 0 Å². The number of esters is 2. The molecule has 1 aromatic carbocycles. The van der Waals surface area contributed by atoms with Crippen molar-refractivity contribution in [2.45, 2.75) is 20.8 Å². The van der Waals surface area contributed by atoms with Gasteiger partial charge in [0.2, 0.25) is 0 Å². The fourth-order valence-electron chi connectivity index (χ4n) is 2.33. The number of nitro benzene ring substituents is 1. The van der Waals surface area contributed by atoms with E-state index in [1.165, 1.54) is 31.2 Å². The minimum absolute atomic E-state index is 0.00588. The Bertz CT molecular complexity index is 805. The van der Waals surface area contributed by atoms with Crippen LogP contribution in [0.1, 0.15) is 40.3 Å². The van der Waals surface area contributed by atoms with Crippen molar-refractivity contribution in [2.75, 3.05) is 13.2 Å². The van der Waals surface area contributed by atoms with Gasteiger partial charge in [0.1, 0.15) is 22.6 Å². The van der Waals surface area contributed by atoms with E-state index in [2.05, 4.69) is 0 Å². The molecule has 0 saturated heterocycles. The number of aryl methyl sites for hydroxylation is 1. The molecule has 0 saturated carbocycles. The Morgan fingerprint density at radius 3 is 2.04 bits per heavy atom. The average molecular weight is 347 g/mol. The maximum atomic E-state index is 12.4. The summed E-state index contributed by atoms with van der Waals surface area (Å²) in [5, 5.41) is 10.8. The molecular formula is C17H17NO7. The van der Waals surface area contributed by atoms with Crippen molar-refractivity contribution in [1.29, 1.82) is 0 Å². The molecule has 0 bridgehead atoms. The Morgan fingerprint density at radius 1 is 1.04 bits per heavy atom. The smallest absolute Gasteiger partial charge is 0.342 e. The van der Waals surface area contributed by atoms with Crippen molar-refractivity contribution in [1.82, 2.24) is 0 Å². The van der Waals surface area contributed by atoms with Gasteiger partial charge in [-0.3, -0.25) is 10.1 Å². The fourth-order valence-corrected chi connectivity index (χ4v) is 2.33. The maximum Gasteiger partial charge on any atom is 0.342 e. The van der Waals surface area contributed by atoms with Crippen LogP contribution in [0, 0.1) is 17.0 Å². The second kappa shape index (κ2) is 7.61. The van der Waals surface area contributed by atoms with E-state index in [1.807, 2.05) is 0 Å². The second-order valence-corrected chi connectivity index (χ2v) is 4.98. The molecule has 2 aromatic rings. The highest BCUT2D eigenvalue weighted by Crippen LogP contribution is 2.33. The molecule has 8 nitrogen and oxygen atoms in total. The normalized spacial score (nSPS) is 10.4. The zero-order chi connectivity index (χ0) is 18.6. The number of carbonyl (C=O) groups is 2. The highest BCUT2D eigenvalue weighted by molar-refractivity contribution is 6.07. The van der Waals surface area contributed by atoms with Crippen molar-refractivity contribution in [3.05, 3.63) is 51.3 Å². The topological polar surface area (TPSA) is 109 Å². The highest BCUT2D eigenvalue weighted by Gasteiger charge is 2.31. The average Bonchev–Trinajstić information content (AvgIpc) is 2.93. The first-order valence-corrected chi connectivity index (χ1v) is 7.63. The van der Waals surface area contributed by atoms with Gasteiger partial charge in [0, 0.05) is 17.7 Å². The van der Waals surface area contributed by atoms with Crippen LogP contribution in [-0.4, -0.2) is 30.1 Å². The summed E-state index contributed by atoms with van der Waals surface area (Å²) >= 11 is 0. The largest absolute Gasteiger partial charge is 0.462 e. The van der Waals surface area contributed by atoms with E-state index >= 15 is 0 Å². The molecule has 1 aromatic heterocycles. The van der Waals surface area contributed by atoms with Gasteiger partial charge in [-0.2, -0.15) is 0 Å². The summed E-state index contributed by atoms with van der Waals surface area (Å²) in [4.78, 5) is 34.8. The molecule has 1 heterocycles. The van der Waals surface area contributed by atoms with Crippen LogP contribution in [0.4, 0.5) is 5.69 Å². The van der Waals surface area contributed by atoms with E-state index in [9.17, 15) is 19.7 Å². The molecule has 25 heavy (non-hydrogen) atoms. The monoisotopic (exact) mass is 347 g/mol. The minimum atomic E-state index is -0.726. The first-order valence-electron chi connectivity index (χ1n) is 7.63. The Hall–Kier alpha value is -3.16. The zero-order valence-electron chi connectivity index (χ0n) is 14.0. The van der Waals surface area contributed by atoms with Gasteiger partial charge in [-0.1, -0.05) is 0 Å². The third kappa shape index (κ3) is 3.68. The van der Waals surface area contributed by atoms with Crippen LogP contribution in [0.5, 0.6) is 0 Å². The van der Waals surface area contributed by atoms with E-state index < -0.39 is 16.9 Å². The molecular weight excluding hydrogens is 330 g/mol. The van der Waals surface area contributed by atoms with Crippen LogP contribution < -0.4 is 0 Å². The molecule has 0 amide bonds. The van der Waals surface area contributed by atoms with Gasteiger partial charge >= 0.3 is 11.9 Å². The van der Waals surface area contributed by atoms with E-state index in [1.54, 1.807) is 13.8 Å². The Morgan fingerprint density at radius 2 is 1.56 bits per heavy atom. The number of ether oxygens (including phenoxy) is 2. The lowest BCUT2D eigenvalue weighted by Crippen LogP contribution is -2.13. The number of benzene rings is 1. The molecule has 0 aliphatic rings. The zero-order valence-corrected chi connectivity index (χ0v) is 14.0. The summed E-state index contributed by atoms with van der Waals surface area (Å²) in [7, 11) is 0. The van der Waals surface area contributed by atoms with Gasteiger partial charge in [0.05, 0.1) is 18.1 Å². The second-order valence-electron chi connectivity index (χ2n) is 4.98. The van der Waals surface area contributed by atoms with Crippen molar-refractivity contribution >= 4 is 17.6 Å². The molecule has 0 spiro atoms. The third-order valence-corrected chi connectivity index (χ3v) is 3.38. The summed E-state index contributed by atoms with van der Waals surface area (Å²) in [5.74, 6) is -1.11. The molecule has 0 radical (unpaired) electrons. The van der Waals surface area contributed by atoms with E-state index in [4.69, 9.17) is 13.9 Å². The first-order chi connectivity index (χ1) is 11.9. The van der Waals surface area contributed by atoms with Crippen LogP contribution in [0.2, 0.25) is 0 Å². The molecule has 0 N–H and O–H groups in total. The van der Waals surface area contributed by atoms with Crippen LogP contribution in [0.25, 0.3) is 11.3 Å². The number of hydrogen-bond donors (Lipinski definition) is 0. The number of carbonyl (C=O) groups excluding carboxylic acids is 2. The van der Waals surface area contributed by atoms with Crippen LogP contribution in [0.3, 0.4) is 0 Å². The quantitative estimate of drug-likeness (QED) is 0.447. The number of nitrogens with zero attached hydrogens (tertiary/aromatic N) is 1. The van der Waals surface area contributed by atoms with Crippen LogP contribution >= 0.6 is 0 Å². The molecule has 2 rings (SSSR count). The molecule has 0 aliphatic carbocycles.